The number of aromatic nitrogens is 1. The Morgan fingerprint density at radius 3 is 2.38 bits per heavy atom. The molecule has 4 nitrogen and oxygen atoms in total. The Labute approximate surface area is 123 Å². The maximum atomic E-state index is 12.8. The first-order valence-electron chi connectivity index (χ1n) is 6.48. The highest BCUT2D eigenvalue weighted by atomic mass is 32.2. The number of benzene rings is 2. The molecule has 0 aliphatic rings. The van der Waals surface area contributed by atoms with E-state index < -0.39 is 10.0 Å². The monoisotopic (exact) mass is 298 g/mol. The van der Waals surface area contributed by atoms with Gasteiger partial charge in [-0.05, 0) is 23.6 Å². The van der Waals surface area contributed by atoms with E-state index in [0.29, 0.717) is 11.2 Å². The quantitative estimate of drug-likeness (QED) is 0.746. The second-order valence-corrected chi connectivity index (χ2v) is 6.58. The van der Waals surface area contributed by atoms with Crippen LogP contribution in [0.15, 0.2) is 71.8 Å². The van der Waals surface area contributed by atoms with Crippen LogP contribution >= 0.6 is 0 Å². The van der Waals surface area contributed by atoms with Gasteiger partial charge in [-0.3, -0.25) is 4.31 Å². The molecular formula is C16H14N2O2S. The van der Waals surface area contributed by atoms with E-state index in [4.69, 9.17) is 0 Å². The second kappa shape index (κ2) is 5.18. The van der Waals surface area contributed by atoms with Crippen LogP contribution in [0.3, 0.4) is 0 Å². The molecule has 0 fully saturated rings. The fraction of sp³-hybridized carbons (Fsp3) is 0.0625. The van der Waals surface area contributed by atoms with E-state index >= 15 is 0 Å². The van der Waals surface area contributed by atoms with Crippen LogP contribution in [0, 0.1) is 0 Å². The summed E-state index contributed by atoms with van der Waals surface area (Å²) < 4.78 is 26.9. The van der Waals surface area contributed by atoms with Gasteiger partial charge >= 0.3 is 0 Å². The van der Waals surface area contributed by atoms with Crippen molar-refractivity contribution in [3.8, 4) is 0 Å². The number of hydrogen-bond acceptors (Lipinski definition) is 3. The van der Waals surface area contributed by atoms with E-state index in [2.05, 4.69) is 4.98 Å². The lowest BCUT2D eigenvalue weighted by molar-refractivity contribution is 0.595. The number of sulfonamides is 1. The van der Waals surface area contributed by atoms with Crippen molar-refractivity contribution >= 4 is 26.6 Å². The van der Waals surface area contributed by atoms with Gasteiger partial charge in [-0.1, -0.05) is 42.5 Å². The minimum absolute atomic E-state index is 0.286. The number of anilines is 1. The fourth-order valence-corrected chi connectivity index (χ4v) is 3.59. The third-order valence-corrected chi connectivity index (χ3v) is 5.18. The topological polar surface area (TPSA) is 50.3 Å². The lowest BCUT2D eigenvalue weighted by Gasteiger charge is -2.19. The summed E-state index contributed by atoms with van der Waals surface area (Å²) in [7, 11) is -2.13. The average molecular weight is 298 g/mol. The lowest BCUT2D eigenvalue weighted by atomic mass is 10.1. The Kier molecular flexibility index (Phi) is 3.35. The van der Waals surface area contributed by atoms with Gasteiger partial charge in [0.05, 0.1) is 4.90 Å². The van der Waals surface area contributed by atoms with Gasteiger partial charge in [-0.15, -0.1) is 0 Å². The molecule has 2 aromatic carbocycles. The van der Waals surface area contributed by atoms with Crippen LogP contribution in [-0.2, 0) is 10.0 Å². The Hall–Kier alpha value is -2.40. The van der Waals surface area contributed by atoms with Crippen molar-refractivity contribution in [2.45, 2.75) is 4.90 Å². The summed E-state index contributed by atoms with van der Waals surface area (Å²) in [5.74, 6) is 0.394. The van der Waals surface area contributed by atoms with Crippen LogP contribution in [0.2, 0.25) is 0 Å². The van der Waals surface area contributed by atoms with E-state index in [1.165, 1.54) is 11.4 Å². The summed E-state index contributed by atoms with van der Waals surface area (Å²) in [6, 6.07) is 17.9. The third-order valence-electron chi connectivity index (χ3n) is 3.36. The summed E-state index contributed by atoms with van der Waals surface area (Å²) in [5.41, 5.74) is 0. The van der Waals surface area contributed by atoms with E-state index in [9.17, 15) is 8.42 Å². The van der Waals surface area contributed by atoms with E-state index in [1.54, 1.807) is 36.5 Å². The molecule has 0 saturated carbocycles. The van der Waals surface area contributed by atoms with Crippen molar-refractivity contribution in [2.75, 3.05) is 11.4 Å². The molecule has 3 rings (SSSR count). The zero-order valence-electron chi connectivity index (χ0n) is 11.5. The van der Waals surface area contributed by atoms with Crippen molar-refractivity contribution < 1.29 is 8.42 Å². The van der Waals surface area contributed by atoms with Gasteiger partial charge in [-0.25, -0.2) is 13.4 Å². The predicted octanol–water partition coefficient (Wildman–Crippen LogP) is 3.06. The van der Waals surface area contributed by atoms with Gasteiger partial charge in [0.2, 0.25) is 0 Å². The summed E-state index contributed by atoms with van der Waals surface area (Å²) in [6.45, 7) is 0. The molecule has 0 amide bonds. The molecule has 0 spiro atoms. The van der Waals surface area contributed by atoms with Gasteiger partial charge in [0.15, 0.2) is 0 Å². The number of hydrogen-bond donors (Lipinski definition) is 0. The molecule has 0 saturated heterocycles. The zero-order valence-corrected chi connectivity index (χ0v) is 12.3. The lowest BCUT2D eigenvalue weighted by Crippen LogP contribution is -2.27. The first-order chi connectivity index (χ1) is 10.1. The maximum absolute atomic E-state index is 12.8. The SMILES string of the molecule is CN(c1ccccn1)S(=O)(=O)c1cccc2ccccc12. The van der Waals surface area contributed by atoms with Gasteiger partial charge in [0.1, 0.15) is 5.82 Å². The largest absolute Gasteiger partial charge is 0.265 e. The summed E-state index contributed by atoms with van der Waals surface area (Å²) in [6.07, 6.45) is 1.57. The highest BCUT2D eigenvalue weighted by Crippen LogP contribution is 2.26. The van der Waals surface area contributed by atoms with Gasteiger partial charge in [0.25, 0.3) is 10.0 Å². The molecule has 21 heavy (non-hydrogen) atoms. The van der Waals surface area contributed by atoms with Crippen molar-refractivity contribution in [3.05, 3.63) is 66.9 Å². The summed E-state index contributed by atoms with van der Waals surface area (Å²) in [4.78, 5) is 4.38. The predicted molar refractivity (Wildman–Crippen MR) is 83.8 cm³/mol. The molecular weight excluding hydrogens is 284 g/mol. The molecule has 0 atom stereocenters. The molecule has 0 bridgehead atoms. The molecule has 5 heteroatoms. The number of fused-ring (bicyclic) bond motifs is 1. The standard InChI is InChI=1S/C16H14N2O2S/c1-18(16-11-4-5-12-17-16)21(19,20)15-10-6-8-13-7-2-3-9-14(13)15/h2-12H,1H3. The molecule has 3 aromatic rings. The Morgan fingerprint density at radius 1 is 0.905 bits per heavy atom. The van der Waals surface area contributed by atoms with Crippen LogP contribution in [0.25, 0.3) is 10.8 Å². The van der Waals surface area contributed by atoms with Gasteiger partial charge in [-0.2, -0.15) is 0 Å². The van der Waals surface area contributed by atoms with Crippen LogP contribution in [-0.4, -0.2) is 20.4 Å². The fourth-order valence-electron chi connectivity index (χ4n) is 2.23. The van der Waals surface area contributed by atoms with Crippen molar-refractivity contribution in [1.82, 2.24) is 4.98 Å². The first kappa shape index (κ1) is 13.6. The molecule has 1 heterocycles. The van der Waals surface area contributed by atoms with Crippen molar-refractivity contribution in [2.24, 2.45) is 0 Å². The van der Waals surface area contributed by atoms with Crippen LogP contribution in [0.5, 0.6) is 0 Å². The molecule has 0 aliphatic heterocycles. The minimum atomic E-state index is -3.65. The Balaban J connectivity index is 2.17. The summed E-state index contributed by atoms with van der Waals surface area (Å²) >= 11 is 0. The first-order valence-corrected chi connectivity index (χ1v) is 7.92. The van der Waals surface area contributed by atoms with Gasteiger partial charge in [0, 0.05) is 18.6 Å². The molecule has 0 aliphatic carbocycles. The van der Waals surface area contributed by atoms with Crippen molar-refractivity contribution in [1.29, 1.82) is 0 Å². The smallest absolute Gasteiger partial charge is 0.253 e. The van der Waals surface area contributed by atoms with E-state index in [-0.39, 0.29) is 4.90 Å². The van der Waals surface area contributed by atoms with Crippen LogP contribution < -0.4 is 4.31 Å². The highest BCUT2D eigenvalue weighted by molar-refractivity contribution is 7.93. The highest BCUT2D eigenvalue weighted by Gasteiger charge is 2.23. The number of rotatable bonds is 3. The van der Waals surface area contributed by atoms with Crippen molar-refractivity contribution in [3.63, 3.8) is 0 Å². The average Bonchev–Trinajstić information content (AvgIpc) is 2.54. The van der Waals surface area contributed by atoms with E-state index in [1.807, 2.05) is 30.3 Å². The normalized spacial score (nSPS) is 11.5. The number of pyridine rings is 1. The van der Waals surface area contributed by atoms with Crippen LogP contribution in [0.4, 0.5) is 5.82 Å². The Bertz CT molecular complexity index is 872. The summed E-state index contributed by atoms with van der Waals surface area (Å²) in [5, 5.41) is 1.61. The second-order valence-electron chi connectivity index (χ2n) is 4.64. The van der Waals surface area contributed by atoms with Crippen LogP contribution in [0.1, 0.15) is 0 Å². The zero-order chi connectivity index (χ0) is 14.9. The van der Waals surface area contributed by atoms with Gasteiger partial charge < -0.3 is 0 Å². The Morgan fingerprint density at radius 2 is 1.62 bits per heavy atom. The third kappa shape index (κ3) is 2.36. The molecule has 0 N–H and O–H groups in total. The molecule has 1 aromatic heterocycles. The van der Waals surface area contributed by atoms with E-state index in [0.717, 1.165) is 5.39 Å². The molecule has 106 valence electrons. The molecule has 0 radical (unpaired) electrons. The molecule has 0 unspecified atom stereocenters. The maximum Gasteiger partial charge on any atom is 0.265 e. The minimum Gasteiger partial charge on any atom is -0.253 e. The number of nitrogens with zero attached hydrogens (tertiary/aromatic N) is 2.